The van der Waals surface area contributed by atoms with Crippen molar-refractivity contribution in [1.82, 2.24) is 20.4 Å². The average molecular weight is 305 g/mol. The first-order valence-corrected chi connectivity index (χ1v) is 6.10. The van der Waals surface area contributed by atoms with Crippen LogP contribution in [-0.2, 0) is 19.2 Å². The molecule has 8 nitrogen and oxygen atoms in total. The number of hydrogen-bond donors (Lipinski definition) is 2. The van der Waals surface area contributed by atoms with Crippen LogP contribution in [0.2, 0.25) is 0 Å². The van der Waals surface area contributed by atoms with Crippen molar-refractivity contribution in [3.63, 3.8) is 0 Å². The van der Waals surface area contributed by atoms with Crippen molar-refractivity contribution in [1.29, 1.82) is 0 Å². The molecule has 2 heterocycles. The van der Waals surface area contributed by atoms with Crippen LogP contribution in [0.1, 0.15) is 6.92 Å². The van der Waals surface area contributed by atoms with Gasteiger partial charge in [0.15, 0.2) is 0 Å². The molecule has 20 heavy (non-hydrogen) atoms. The largest absolute Gasteiger partial charge is 0.300 e. The minimum atomic E-state index is -0.506. The van der Waals surface area contributed by atoms with E-state index in [1.54, 1.807) is 6.92 Å². The second-order valence-corrected chi connectivity index (χ2v) is 4.61. The number of carbonyl (C=O) groups is 4. The fourth-order valence-electron chi connectivity index (χ4n) is 2.23. The van der Waals surface area contributed by atoms with Gasteiger partial charge in [-0.2, -0.15) is 0 Å². The molecule has 112 valence electrons. The summed E-state index contributed by atoms with van der Waals surface area (Å²) in [5.41, 5.74) is 0. The van der Waals surface area contributed by atoms with Crippen molar-refractivity contribution in [3.8, 4) is 0 Å². The second kappa shape index (κ2) is 6.78. The van der Waals surface area contributed by atoms with Gasteiger partial charge in [-0.05, 0) is 6.92 Å². The van der Waals surface area contributed by atoms with Crippen LogP contribution >= 0.6 is 12.4 Å². The van der Waals surface area contributed by atoms with Gasteiger partial charge in [-0.3, -0.25) is 39.6 Å². The summed E-state index contributed by atoms with van der Waals surface area (Å²) in [5.74, 6) is -1.34. The topological polar surface area (TPSA) is 98.8 Å². The fraction of sp³-hybridized carbons (Fsp3) is 0.636. The van der Waals surface area contributed by atoms with E-state index in [0.29, 0.717) is 0 Å². The Morgan fingerprint density at radius 2 is 1.30 bits per heavy atom. The summed E-state index contributed by atoms with van der Waals surface area (Å²) in [6.45, 7) is 2.10. The Balaban J connectivity index is 0.00000200. The van der Waals surface area contributed by atoms with E-state index in [4.69, 9.17) is 0 Å². The number of rotatable bonds is 3. The summed E-state index contributed by atoms with van der Waals surface area (Å²) in [6.07, 6.45) is 0. The molecule has 0 aliphatic carbocycles. The molecule has 0 aromatic rings. The van der Waals surface area contributed by atoms with Crippen molar-refractivity contribution in [3.05, 3.63) is 0 Å². The molecule has 0 saturated carbocycles. The van der Waals surface area contributed by atoms with Crippen molar-refractivity contribution in [2.75, 3.05) is 32.7 Å². The fourth-order valence-corrected chi connectivity index (χ4v) is 2.23. The van der Waals surface area contributed by atoms with Crippen LogP contribution in [0.15, 0.2) is 0 Å². The number of piperazine rings is 2. The molecule has 2 N–H and O–H groups in total. The van der Waals surface area contributed by atoms with E-state index in [1.807, 2.05) is 0 Å². The van der Waals surface area contributed by atoms with Crippen LogP contribution in [0.25, 0.3) is 0 Å². The lowest BCUT2D eigenvalue weighted by Crippen LogP contribution is -2.60. The molecule has 0 bridgehead atoms. The molecule has 9 heteroatoms. The summed E-state index contributed by atoms with van der Waals surface area (Å²) in [6, 6.07) is -0.506. The number of hydrogen-bond acceptors (Lipinski definition) is 6. The monoisotopic (exact) mass is 304 g/mol. The minimum absolute atomic E-state index is 0. The Labute approximate surface area is 122 Å². The number of amides is 4. The molecular weight excluding hydrogens is 288 g/mol. The Kier molecular flexibility index (Phi) is 5.61. The third-order valence-corrected chi connectivity index (χ3v) is 3.13. The third-order valence-electron chi connectivity index (χ3n) is 3.13. The molecule has 2 aliphatic heterocycles. The first kappa shape index (κ1) is 16.5. The van der Waals surface area contributed by atoms with Crippen molar-refractivity contribution in [2.45, 2.75) is 13.0 Å². The quantitative estimate of drug-likeness (QED) is 0.570. The molecular formula is C11H17ClN4O4. The van der Waals surface area contributed by atoms with Gasteiger partial charge in [-0.1, -0.05) is 0 Å². The molecule has 1 atom stereocenters. The molecule has 4 amide bonds. The van der Waals surface area contributed by atoms with Crippen LogP contribution in [0.4, 0.5) is 0 Å². The zero-order valence-corrected chi connectivity index (χ0v) is 11.9. The maximum atomic E-state index is 11.7. The van der Waals surface area contributed by atoms with Crippen LogP contribution in [-0.4, -0.2) is 72.2 Å². The zero-order valence-electron chi connectivity index (χ0n) is 11.0. The van der Waals surface area contributed by atoms with E-state index in [1.165, 1.54) is 0 Å². The SMILES string of the molecule is CC(CN1C(=O)CNCC1=O)N1C(=O)CNCC1=O.Cl. The number of carbonyl (C=O) groups excluding carboxylic acids is 4. The number of nitrogens with one attached hydrogen (secondary N) is 2. The lowest BCUT2D eigenvalue weighted by molar-refractivity contribution is -0.154. The van der Waals surface area contributed by atoms with Gasteiger partial charge in [0.05, 0.1) is 32.2 Å². The molecule has 0 radical (unpaired) electrons. The molecule has 2 fully saturated rings. The van der Waals surface area contributed by atoms with Gasteiger partial charge in [0, 0.05) is 6.54 Å². The average Bonchev–Trinajstić information content (AvgIpc) is 2.34. The van der Waals surface area contributed by atoms with Gasteiger partial charge in [-0.25, -0.2) is 0 Å². The number of halogens is 1. The molecule has 0 aromatic carbocycles. The van der Waals surface area contributed by atoms with E-state index >= 15 is 0 Å². The lowest BCUT2D eigenvalue weighted by Gasteiger charge is -2.35. The normalized spacial score (nSPS) is 21.9. The predicted octanol–water partition coefficient (Wildman–Crippen LogP) is -2.29. The maximum Gasteiger partial charge on any atom is 0.243 e. The Hall–Kier alpha value is -1.51. The van der Waals surface area contributed by atoms with Crippen LogP contribution in [0.5, 0.6) is 0 Å². The summed E-state index contributed by atoms with van der Waals surface area (Å²) in [7, 11) is 0. The smallest absolute Gasteiger partial charge is 0.243 e. The van der Waals surface area contributed by atoms with Gasteiger partial charge in [0.2, 0.25) is 23.6 Å². The first-order chi connectivity index (χ1) is 9.00. The Bertz CT molecular complexity index is 410. The van der Waals surface area contributed by atoms with Crippen molar-refractivity contribution < 1.29 is 19.2 Å². The van der Waals surface area contributed by atoms with Gasteiger partial charge in [0.25, 0.3) is 0 Å². The highest BCUT2D eigenvalue weighted by atomic mass is 35.5. The highest BCUT2D eigenvalue weighted by molar-refractivity contribution is 6.01. The summed E-state index contributed by atoms with van der Waals surface area (Å²) >= 11 is 0. The van der Waals surface area contributed by atoms with Gasteiger partial charge in [-0.15, -0.1) is 12.4 Å². The molecule has 0 spiro atoms. The summed E-state index contributed by atoms with van der Waals surface area (Å²) in [5, 5.41) is 5.38. The van der Waals surface area contributed by atoms with Gasteiger partial charge < -0.3 is 0 Å². The first-order valence-electron chi connectivity index (χ1n) is 6.10. The van der Waals surface area contributed by atoms with E-state index in [-0.39, 0.29) is 68.8 Å². The van der Waals surface area contributed by atoms with E-state index in [9.17, 15) is 19.2 Å². The third kappa shape index (κ3) is 3.33. The predicted molar refractivity (Wildman–Crippen MR) is 71.0 cm³/mol. The highest BCUT2D eigenvalue weighted by Gasteiger charge is 2.34. The molecule has 2 saturated heterocycles. The van der Waals surface area contributed by atoms with Crippen molar-refractivity contribution in [2.24, 2.45) is 0 Å². The lowest BCUT2D eigenvalue weighted by atomic mass is 10.2. The van der Waals surface area contributed by atoms with Gasteiger partial charge in [0.1, 0.15) is 0 Å². The van der Waals surface area contributed by atoms with Gasteiger partial charge >= 0.3 is 0 Å². The maximum absolute atomic E-state index is 11.7. The van der Waals surface area contributed by atoms with Crippen LogP contribution in [0.3, 0.4) is 0 Å². The number of imide groups is 2. The standard InChI is InChI=1S/C11H16N4O4.ClH/c1-7(15-10(18)4-13-5-11(15)19)6-14-8(16)2-12-3-9(14)17;/h7,12-13H,2-6H2,1H3;1H. The van der Waals surface area contributed by atoms with Crippen LogP contribution in [0, 0.1) is 0 Å². The molecule has 2 aliphatic rings. The zero-order chi connectivity index (χ0) is 14.0. The van der Waals surface area contributed by atoms with E-state index in [2.05, 4.69) is 10.6 Å². The molecule has 1 unspecified atom stereocenters. The highest BCUT2D eigenvalue weighted by Crippen LogP contribution is 2.08. The molecule has 0 aromatic heterocycles. The Morgan fingerprint density at radius 3 is 1.75 bits per heavy atom. The molecule has 2 rings (SSSR count). The summed E-state index contributed by atoms with van der Waals surface area (Å²) < 4.78 is 0. The van der Waals surface area contributed by atoms with Crippen LogP contribution < -0.4 is 10.6 Å². The van der Waals surface area contributed by atoms with E-state index < -0.39 is 6.04 Å². The second-order valence-electron chi connectivity index (χ2n) is 4.61. The van der Waals surface area contributed by atoms with E-state index in [0.717, 1.165) is 9.80 Å². The summed E-state index contributed by atoms with van der Waals surface area (Å²) in [4.78, 5) is 48.9. The Morgan fingerprint density at radius 1 is 0.900 bits per heavy atom. The van der Waals surface area contributed by atoms with Crippen molar-refractivity contribution >= 4 is 36.0 Å². The minimum Gasteiger partial charge on any atom is -0.300 e. The number of nitrogens with zero attached hydrogens (tertiary/aromatic N) is 2.